The Morgan fingerprint density at radius 3 is 3.00 bits per heavy atom. The number of rotatable bonds is 4. The average molecular weight is 307 g/mol. The molecule has 1 saturated heterocycles. The Hall–Kier alpha value is -1.93. The summed E-state index contributed by atoms with van der Waals surface area (Å²) in [6.07, 6.45) is 2.40. The summed E-state index contributed by atoms with van der Waals surface area (Å²) in [5.41, 5.74) is 0. The van der Waals surface area contributed by atoms with Gasteiger partial charge in [0, 0.05) is 25.6 Å². The van der Waals surface area contributed by atoms with Gasteiger partial charge >= 0.3 is 0 Å². The summed E-state index contributed by atoms with van der Waals surface area (Å²) in [6.45, 7) is 5.15. The van der Waals surface area contributed by atoms with Crippen LogP contribution in [0.15, 0.2) is 21.7 Å². The van der Waals surface area contributed by atoms with E-state index < -0.39 is 0 Å². The molecular formula is C13H17N5O2S. The summed E-state index contributed by atoms with van der Waals surface area (Å²) < 4.78 is 13.2. The van der Waals surface area contributed by atoms with Gasteiger partial charge in [0.15, 0.2) is 11.7 Å². The largest absolute Gasteiger partial charge is 0.440 e. The molecule has 3 heterocycles. The van der Waals surface area contributed by atoms with E-state index in [0.717, 1.165) is 44.4 Å². The highest BCUT2D eigenvalue weighted by Crippen LogP contribution is 2.18. The van der Waals surface area contributed by atoms with Crippen LogP contribution in [0.4, 0.5) is 5.88 Å². The van der Waals surface area contributed by atoms with Crippen molar-refractivity contribution in [1.82, 2.24) is 14.9 Å². The van der Waals surface area contributed by atoms with E-state index in [2.05, 4.69) is 20.2 Å². The predicted molar refractivity (Wildman–Crippen MR) is 81.5 cm³/mol. The lowest BCUT2D eigenvalue weighted by Gasteiger charge is -2.26. The van der Waals surface area contributed by atoms with Gasteiger partial charge in [0.05, 0.1) is 19.4 Å². The van der Waals surface area contributed by atoms with Crippen LogP contribution in [0.25, 0.3) is 0 Å². The third-order valence-corrected chi connectivity index (χ3v) is 3.53. The van der Waals surface area contributed by atoms with Gasteiger partial charge in [-0.1, -0.05) is 6.92 Å². The topological polar surface area (TPSA) is 71.6 Å². The third-order valence-electron chi connectivity index (χ3n) is 3.27. The summed E-state index contributed by atoms with van der Waals surface area (Å²) in [4.78, 5) is 2.15. The number of H-pyrrole nitrogens is 1. The smallest absolute Gasteiger partial charge is 0.216 e. The second kappa shape index (κ2) is 6.23. The lowest BCUT2D eigenvalue weighted by Crippen LogP contribution is -2.35. The Bertz CT molecular complexity index is 681. The van der Waals surface area contributed by atoms with Gasteiger partial charge in [0.1, 0.15) is 5.76 Å². The molecule has 2 aromatic heterocycles. The van der Waals surface area contributed by atoms with Crippen molar-refractivity contribution < 1.29 is 9.15 Å². The number of nitrogens with one attached hydrogen (secondary N) is 1. The lowest BCUT2D eigenvalue weighted by atomic mass is 10.4. The Kier molecular flexibility index (Phi) is 4.16. The zero-order chi connectivity index (χ0) is 14.7. The molecule has 0 amide bonds. The van der Waals surface area contributed by atoms with Crippen molar-refractivity contribution in [3.63, 3.8) is 0 Å². The number of furan rings is 1. The summed E-state index contributed by atoms with van der Waals surface area (Å²) in [6, 6.07) is 3.84. The molecule has 0 saturated carbocycles. The molecular weight excluding hydrogens is 290 g/mol. The van der Waals surface area contributed by atoms with Crippen molar-refractivity contribution in [3.8, 4) is 0 Å². The van der Waals surface area contributed by atoms with Gasteiger partial charge in [-0.25, -0.2) is 0 Å². The van der Waals surface area contributed by atoms with E-state index in [9.17, 15) is 0 Å². The van der Waals surface area contributed by atoms with E-state index >= 15 is 0 Å². The highest BCUT2D eigenvalue weighted by molar-refractivity contribution is 7.71. The Labute approximate surface area is 127 Å². The second-order valence-corrected chi connectivity index (χ2v) is 5.02. The zero-order valence-electron chi connectivity index (χ0n) is 11.8. The molecule has 0 bridgehead atoms. The number of aryl methyl sites for hydroxylation is 1. The molecule has 1 fully saturated rings. The highest BCUT2D eigenvalue weighted by atomic mass is 32.1. The number of aromatic nitrogens is 3. The Morgan fingerprint density at radius 2 is 2.24 bits per heavy atom. The zero-order valence-corrected chi connectivity index (χ0v) is 12.6. The number of anilines is 1. The number of ether oxygens (including phenoxy) is 1. The van der Waals surface area contributed by atoms with Crippen LogP contribution < -0.4 is 4.90 Å². The van der Waals surface area contributed by atoms with Gasteiger partial charge in [-0.15, -0.1) is 0 Å². The standard InChI is InChI=1S/C13H17N5O2S/c1-2-11-15-16-13(21)18(11)14-9-10-3-4-12(20-10)17-5-7-19-8-6-17/h3-4,9H,2,5-8H2,1H3,(H,16,21)/b14-9-. The minimum atomic E-state index is 0.475. The number of nitrogens with zero attached hydrogens (tertiary/aromatic N) is 4. The van der Waals surface area contributed by atoms with E-state index in [-0.39, 0.29) is 0 Å². The number of aromatic amines is 1. The van der Waals surface area contributed by atoms with Crippen LogP contribution in [0, 0.1) is 4.77 Å². The van der Waals surface area contributed by atoms with Gasteiger partial charge in [-0.05, 0) is 18.3 Å². The molecule has 0 aromatic carbocycles. The fourth-order valence-corrected chi connectivity index (χ4v) is 2.35. The number of hydrogen-bond donors (Lipinski definition) is 1. The Morgan fingerprint density at radius 1 is 1.43 bits per heavy atom. The third kappa shape index (κ3) is 3.06. The minimum absolute atomic E-state index is 0.475. The van der Waals surface area contributed by atoms with Gasteiger partial charge in [-0.3, -0.25) is 5.10 Å². The maximum atomic E-state index is 5.78. The monoisotopic (exact) mass is 307 g/mol. The molecule has 0 radical (unpaired) electrons. The molecule has 7 nitrogen and oxygen atoms in total. The summed E-state index contributed by atoms with van der Waals surface area (Å²) in [5, 5.41) is 11.2. The second-order valence-electron chi connectivity index (χ2n) is 4.63. The lowest BCUT2D eigenvalue weighted by molar-refractivity contribution is 0.120. The van der Waals surface area contributed by atoms with Gasteiger partial charge in [0.25, 0.3) is 0 Å². The van der Waals surface area contributed by atoms with Crippen LogP contribution in [-0.4, -0.2) is 47.4 Å². The summed E-state index contributed by atoms with van der Waals surface area (Å²) in [5.74, 6) is 2.31. The summed E-state index contributed by atoms with van der Waals surface area (Å²) in [7, 11) is 0. The van der Waals surface area contributed by atoms with Crippen LogP contribution in [0.2, 0.25) is 0 Å². The van der Waals surface area contributed by atoms with Crippen molar-refractivity contribution in [2.24, 2.45) is 5.10 Å². The maximum Gasteiger partial charge on any atom is 0.216 e. The van der Waals surface area contributed by atoms with Crippen molar-refractivity contribution in [3.05, 3.63) is 28.5 Å². The van der Waals surface area contributed by atoms with Crippen molar-refractivity contribution >= 4 is 24.3 Å². The van der Waals surface area contributed by atoms with Crippen molar-refractivity contribution in [2.75, 3.05) is 31.2 Å². The minimum Gasteiger partial charge on any atom is -0.440 e. The first-order chi connectivity index (χ1) is 10.3. The first kappa shape index (κ1) is 14.0. The molecule has 21 heavy (non-hydrogen) atoms. The van der Waals surface area contributed by atoms with Gasteiger partial charge in [-0.2, -0.15) is 14.9 Å². The van der Waals surface area contributed by atoms with Crippen LogP contribution >= 0.6 is 12.2 Å². The van der Waals surface area contributed by atoms with Crippen LogP contribution in [0.5, 0.6) is 0 Å². The molecule has 1 aliphatic heterocycles. The van der Waals surface area contributed by atoms with E-state index in [1.807, 2.05) is 19.1 Å². The fraction of sp³-hybridized carbons (Fsp3) is 0.462. The predicted octanol–water partition coefficient (Wildman–Crippen LogP) is 1.81. The van der Waals surface area contributed by atoms with Crippen molar-refractivity contribution in [1.29, 1.82) is 0 Å². The van der Waals surface area contributed by atoms with Crippen molar-refractivity contribution in [2.45, 2.75) is 13.3 Å². The molecule has 112 valence electrons. The molecule has 1 N–H and O–H groups in total. The first-order valence-electron chi connectivity index (χ1n) is 6.91. The van der Waals surface area contributed by atoms with Crippen LogP contribution in [0.3, 0.4) is 0 Å². The van der Waals surface area contributed by atoms with Crippen LogP contribution in [-0.2, 0) is 11.2 Å². The quantitative estimate of drug-likeness (QED) is 0.689. The first-order valence-corrected chi connectivity index (χ1v) is 7.32. The van der Waals surface area contributed by atoms with Gasteiger partial charge in [0.2, 0.25) is 4.77 Å². The fourth-order valence-electron chi connectivity index (χ4n) is 2.15. The average Bonchev–Trinajstić information content (AvgIpc) is 3.13. The van der Waals surface area contributed by atoms with E-state index in [1.54, 1.807) is 10.9 Å². The SMILES string of the molecule is CCc1n[nH]c(=S)n1/N=C\c1ccc(N2CCOCC2)o1. The molecule has 0 unspecified atom stereocenters. The van der Waals surface area contributed by atoms with Gasteiger partial charge < -0.3 is 14.1 Å². The van der Waals surface area contributed by atoms with Crippen LogP contribution in [0.1, 0.15) is 18.5 Å². The maximum absolute atomic E-state index is 5.78. The van der Waals surface area contributed by atoms with E-state index in [0.29, 0.717) is 10.5 Å². The van der Waals surface area contributed by atoms with E-state index in [1.165, 1.54) is 0 Å². The molecule has 0 aliphatic carbocycles. The molecule has 1 aliphatic rings. The number of morpholine rings is 1. The number of hydrogen-bond acceptors (Lipinski definition) is 6. The molecule has 8 heteroatoms. The molecule has 0 atom stereocenters. The Balaban J connectivity index is 1.76. The molecule has 0 spiro atoms. The summed E-state index contributed by atoms with van der Waals surface area (Å²) >= 11 is 5.14. The normalized spacial score (nSPS) is 16.0. The molecule has 2 aromatic rings. The highest BCUT2D eigenvalue weighted by Gasteiger charge is 2.14. The van der Waals surface area contributed by atoms with E-state index in [4.69, 9.17) is 21.4 Å². The molecule has 3 rings (SSSR count).